The minimum absolute atomic E-state index is 0.0996. The number of alkyl halides is 2. The summed E-state index contributed by atoms with van der Waals surface area (Å²) < 4.78 is 29.2. The fourth-order valence-electron chi connectivity index (χ4n) is 2.60. The van der Waals surface area contributed by atoms with E-state index in [0.717, 1.165) is 0 Å². The Morgan fingerprint density at radius 1 is 1.12 bits per heavy atom. The van der Waals surface area contributed by atoms with Crippen molar-refractivity contribution < 1.29 is 23.1 Å². The molecule has 0 unspecified atom stereocenters. The summed E-state index contributed by atoms with van der Waals surface area (Å²) in [7, 11) is 0. The lowest BCUT2D eigenvalue weighted by Gasteiger charge is -2.18. The van der Waals surface area contributed by atoms with Crippen molar-refractivity contribution >= 4 is 23.2 Å². The first-order valence-electron chi connectivity index (χ1n) is 7.41. The Morgan fingerprint density at radius 3 is 2.44 bits per heavy atom. The molecule has 0 spiro atoms. The third kappa shape index (κ3) is 3.35. The molecule has 0 aliphatic carbocycles. The number of nitrogens with zero attached hydrogens (tertiary/aromatic N) is 1. The highest BCUT2D eigenvalue weighted by Gasteiger charge is 2.32. The second-order valence-electron chi connectivity index (χ2n) is 5.31. The molecule has 7 heteroatoms. The van der Waals surface area contributed by atoms with Crippen LogP contribution < -0.4 is 10.1 Å². The van der Waals surface area contributed by atoms with Gasteiger partial charge in [-0.15, -0.1) is 0 Å². The van der Waals surface area contributed by atoms with E-state index in [4.69, 9.17) is 0 Å². The van der Waals surface area contributed by atoms with Crippen molar-refractivity contribution in [3.05, 3.63) is 66.2 Å². The third-order valence-electron chi connectivity index (χ3n) is 3.72. The molecular formula is C18H14F2N2O3. The molecule has 0 aromatic heterocycles. The molecule has 0 saturated heterocycles. The molecule has 0 saturated carbocycles. The van der Waals surface area contributed by atoms with Crippen molar-refractivity contribution in [2.75, 3.05) is 11.9 Å². The molecule has 2 aromatic carbocycles. The predicted octanol–water partition coefficient (Wildman–Crippen LogP) is 3.35. The summed E-state index contributed by atoms with van der Waals surface area (Å²) in [5, 5.41) is 2.48. The number of halogens is 2. The van der Waals surface area contributed by atoms with Crippen LogP contribution in [0, 0.1) is 0 Å². The molecule has 3 rings (SSSR count). The molecule has 25 heavy (non-hydrogen) atoms. The maximum atomic E-state index is 12.4. The number of benzene rings is 2. The Labute approximate surface area is 142 Å². The second-order valence-corrected chi connectivity index (χ2v) is 5.31. The Balaban J connectivity index is 1.73. The van der Waals surface area contributed by atoms with E-state index in [-0.39, 0.29) is 23.9 Å². The van der Waals surface area contributed by atoms with Crippen LogP contribution in [0.25, 0.3) is 5.70 Å². The van der Waals surface area contributed by atoms with E-state index in [2.05, 4.69) is 16.6 Å². The molecule has 1 N–H and O–H groups in total. The number of para-hydroxylation sites is 2. The molecule has 0 radical (unpaired) electrons. The predicted molar refractivity (Wildman–Crippen MR) is 88.2 cm³/mol. The lowest BCUT2D eigenvalue weighted by Crippen LogP contribution is -2.32. The molecule has 1 heterocycles. The fourth-order valence-corrected chi connectivity index (χ4v) is 2.60. The van der Waals surface area contributed by atoms with Crippen LogP contribution in [-0.4, -0.2) is 29.9 Å². The summed E-state index contributed by atoms with van der Waals surface area (Å²) in [6.45, 7) is 0.556. The number of anilines is 1. The van der Waals surface area contributed by atoms with Crippen LogP contribution in [-0.2, 0) is 4.79 Å². The molecule has 5 nitrogen and oxygen atoms in total. The molecule has 0 atom stereocenters. The SMILES string of the molecule is C=C1c2ccccc2C(=O)N1CC(=O)Nc1ccccc1OC(F)F. The Hall–Kier alpha value is -3.22. The molecule has 2 aromatic rings. The zero-order chi connectivity index (χ0) is 18.0. The van der Waals surface area contributed by atoms with Crippen molar-refractivity contribution in [3.63, 3.8) is 0 Å². The molecule has 0 fully saturated rings. The summed E-state index contributed by atoms with van der Waals surface area (Å²) >= 11 is 0. The van der Waals surface area contributed by atoms with Gasteiger partial charge in [-0.1, -0.05) is 36.9 Å². The van der Waals surface area contributed by atoms with Gasteiger partial charge in [0.1, 0.15) is 12.3 Å². The highest BCUT2D eigenvalue weighted by molar-refractivity contribution is 6.11. The zero-order valence-corrected chi connectivity index (χ0v) is 13.0. The van der Waals surface area contributed by atoms with Crippen LogP contribution in [0.3, 0.4) is 0 Å². The average molecular weight is 344 g/mol. The molecular weight excluding hydrogens is 330 g/mol. The van der Waals surface area contributed by atoms with E-state index >= 15 is 0 Å². The zero-order valence-electron chi connectivity index (χ0n) is 13.0. The first kappa shape index (κ1) is 16.6. The maximum absolute atomic E-state index is 12.4. The van der Waals surface area contributed by atoms with Crippen molar-refractivity contribution in [1.29, 1.82) is 0 Å². The Bertz CT molecular complexity index is 817. The number of ether oxygens (including phenoxy) is 1. The molecule has 1 aliphatic heterocycles. The van der Waals surface area contributed by atoms with Gasteiger partial charge in [0.25, 0.3) is 5.91 Å². The van der Waals surface area contributed by atoms with Crippen LogP contribution in [0.15, 0.2) is 55.1 Å². The summed E-state index contributed by atoms with van der Waals surface area (Å²) in [6.07, 6.45) is 0. The highest BCUT2D eigenvalue weighted by Crippen LogP contribution is 2.31. The van der Waals surface area contributed by atoms with Gasteiger partial charge in [-0.05, 0) is 18.2 Å². The van der Waals surface area contributed by atoms with Gasteiger partial charge in [-0.3, -0.25) is 14.5 Å². The maximum Gasteiger partial charge on any atom is 0.387 e. The van der Waals surface area contributed by atoms with Crippen molar-refractivity contribution in [1.82, 2.24) is 4.90 Å². The molecule has 0 bridgehead atoms. The van der Waals surface area contributed by atoms with Crippen LogP contribution in [0.2, 0.25) is 0 Å². The summed E-state index contributed by atoms with van der Waals surface area (Å²) in [4.78, 5) is 25.9. The van der Waals surface area contributed by atoms with Crippen LogP contribution in [0.4, 0.5) is 14.5 Å². The van der Waals surface area contributed by atoms with Gasteiger partial charge in [0.05, 0.1) is 5.69 Å². The Morgan fingerprint density at radius 2 is 1.76 bits per heavy atom. The first-order chi connectivity index (χ1) is 12.0. The smallest absolute Gasteiger partial charge is 0.387 e. The number of carbonyl (C=O) groups is 2. The van der Waals surface area contributed by atoms with Crippen LogP contribution in [0.5, 0.6) is 5.75 Å². The number of nitrogens with one attached hydrogen (secondary N) is 1. The minimum atomic E-state index is -3.01. The van der Waals surface area contributed by atoms with Crippen LogP contribution >= 0.6 is 0 Å². The van der Waals surface area contributed by atoms with Crippen molar-refractivity contribution in [2.24, 2.45) is 0 Å². The third-order valence-corrected chi connectivity index (χ3v) is 3.72. The number of hydrogen-bond acceptors (Lipinski definition) is 3. The van der Waals surface area contributed by atoms with E-state index in [1.807, 2.05) is 0 Å². The van der Waals surface area contributed by atoms with E-state index in [1.165, 1.54) is 23.1 Å². The van der Waals surface area contributed by atoms with Gasteiger partial charge in [-0.2, -0.15) is 8.78 Å². The van der Waals surface area contributed by atoms with Gasteiger partial charge >= 0.3 is 6.61 Å². The standard InChI is InChI=1S/C18H14F2N2O3/c1-11-12-6-2-3-7-13(12)17(24)22(11)10-16(23)21-14-8-4-5-9-15(14)25-18(19)20/h2-9,18H,1,10H2,(H,21,23). The van der Waals surface area contributed by atoms with Gasteiger partial charge in [-0.25, -0.2) is 0 Å². The van der Waals surface area contributed by atoms with Gasteiger partial charge < -0.3 is 10.1 Å². The van der Waals surface area contributed by atoms with Crippen molar-refractivity contribution in [2.45, 2.75) is 6.61 Å². The minimum Gasteiger partial charge on any atom is -0.433 e. The van der Waals surface area contributed by atoms with E-state index in [0.29, 0.717) is 16.8 Å². The topological polar surface area (TPSA) is 58.6 Å². The number of rotatable bonds is 5. The lowest BCUT2D eigenvalue weighted by molar-refractivity contribution is -0.116. The fraction of sp³-hybridized carbons (Fsp3) is 0.111. The second kappa shape index (κ2) is 6.72. The number of hydrogen-bond donors (Lipinski definition) is 1. The first-order valence-corrected chi connectivity index (χ1v) is 7.41. The van der Waals surface area contributed by atoms with Gasteiger partial charge in [0, 0.05) is 16.8 Å². The Kier molecular flexibility index (Phi) is 4.47. The quantitative estimate of drug-likeness (QED) is 0.905. The summed E-state index contributed by atoms with van der Waals surface area (Å²) in [5.74, 6) is -1.03. The molecule has 1 aliphatic rings. The van der Waals surface area contributed by atoms with Crippen molar-refractivity contribution in [3.8, 4) is 5.75 Å². The monoisotopic (exact) mass is 344 g/mol. The number of amides is 2. The summed E-state index contributed by atoms with van der Waals surface area (Å²) in [6, 6.07) is 12.7. The number of carbonyl (C=O) groups excluding carboxylic acids is 2. The summed E-state index contributed by atoms with van der Waals surface area (Å²) in [5.41, 5.74) is 1.67. The van der Waals surface area contributed by atoms with Gasteiger partial charge in [0.2, 0.25) is 5.91 Å². The molecule has 2 amide bonds. The normalized spacial score (nSPS) is 13.2. The lowest BCUT2D eigenvalue weighted by atomic mass is 10.1. The van der Waals surface area contributed by atoms with E-state index < -0.39 is 12.5 Å². The van der Waals surface area contributed by atoms with Gasteiger partial charge in [0.15, 0.2) is 0 Å². The highest BCUT2D eigenvalue weighted by atomic mass is 19.3. The van der Waals surface area contributed by atoms with E-state index in [1.54, 1.807) is 30.3 Å². The van der Waals surface area contributed by atoms with E-state index in [9.17, 15) is 18.4 Å². The largest absolute Gasteiger partial charge is 0.433 e. The number of fused-ring (bicyclic) bond motifs is 1. The van der Waals surface area contributed by atoms with Crippen LogP contribution in [0.1, 0.15) is 15.9 Å². The average Bonchev–Trinajstić information content (AvgIpc) is 2.82. The molecule has 128 valence electrons.